The van der Waals surface area contributed by atoms with Gasteiger partial charge in [-0.1, -0.05) is 23.7 Å². The van der Waals surface area contributed by atoms with E-state index in [-0.39, 0.29) is 5.82 Å². The van der Waals surface area contributed by atoms with Crippen LogP contribution in [0.2, 0.25) is 5.02 Å². The maximum atomic E-state index is 13.3. The Balaban J connectivity index is 1.82. The van der Waals surface area contributed by atoms with Gasteiger partial charge in [-0.15, -0.1) is 0 Å². The Morgan fingerprint density at radius 3 is 2.57 bits per heavy atom. The van der Waals surface area contributed by atoms with Gasteiger partial charge in [0.1, 0.15) is 11.5 Å². The zero-order chi connectivity index (χ0) is 21.4. The van der Waals surface area contributed by atoms with E-state index in [0.29, 0.717) is 32.7 Å². The van der Waals surface area contributed by atoms with Gasteiger partial charge in [0.2, 0.25) is 0 Å². The van der Waals surface area contributed by atoms with Gasteiger partial charge in [-0.25, -0.2) is 9.37 Å². The summed E-state index contributed by atoms with van der Waals surface area (Å²) < 4.78 is 13.3. The van der Waals surface area contributed by atoms with Crippen molar-refractivity contribution in [3.63, 3.8) is 0 Å². The topological polar surface area (TPSA) is 82.1 Å². The summed E-state index contributed by atoms with van der Waals surface area (Å²) in [7, 11) is 3.14. The summed E-state index contributed by atoms with van der Waals surface area (Å²) >= 11 is 6.75. The van der Waals surface area contributed by atoms with Gasteiger partial charge in [-0.3, -0.25) is 9.78 Å². The molecule has 0 spiro atoms. The van der Waals surface area contributed by atoms with E-state index < -0.39 is 12.0 Å². The highest BCUT2D eigenvalue weighted by atomic mass is 35.5. The number of rotatable bonds is 4. The van der Waals surface area contributed by atoms with Crippen LogP contribution < -0.4 is 0 Å². The number of H-pyrrole nitrogens is 1. The second-order valence-corrected chi connectivity index (χ2v) is 7.44. The van der Waals surface area contributed by atoms with Crippen LogP contribution in [0.3, 0.4) is 0 Å². The van der Waals surface area contributed by atoms with Gasteiger partial charge in [0.25, 0.3) is 5.91 Å². The molecule has 1 aromatic carbocycles. The van der Waals surface area contributed by atoms with Crippen LogP contribution in [0.25, 0.3) is 33.3 Å². The zero-order valence-corrected chi connectivity index (χ0v) is 17.0. The fourth-order valence-corrected chi connectivity index (χ4v) is 3.61. The molecule has 0 fully saturated rings. The molecule has 3 aromatic heterocycles. The summed E-state index contributed by atoms with van der Waals surface area (Å²) in [6.07, 6.45) is 5.08. The lowest BCUT2D eigenvalue weighted by Crippen LogP contribution is -2.28. The number of carbonyl (C=O) groups is 1. The average Bonchev–Trinajstić information content (AvgIpc) is 3.18. The van der Waals surface area contributed by atoms with E-state index in [0.717, 1.165) is 11.1 Å². The van der Waals surface area contributed by atoms with E-state index in [4.69, 9.17) is 11.6 Å². The van der Waals surface area contributed by atoms with Gasteiger partial charge < -0.3 is 15.0 Å². The highest BCUT2D eigenvalue weighted by Crippen LogP contribution is 2.38. The summed E-state index contributed by atoms with van der Waals surface area (Å²) in [5, 5.41) is 11.5. The lowest BCUT2D eigenvalue weighted by Gasteiger charge is -2.16. The molecule has 0 aliphatic heterocycles. The van der Waals surface area contributed by atoms with E-state index >= 15 is 0 Å². The van der Waals surface area contributed by atoms with E-state index in [1.165, 1.54) is 23.2 Å². The van der Waals surface area contributed by atoms with Crippen molar-refractivity contribution >= 4 is 28.5 Å². The number of fused-ring (bicyclic) bond motifs is 1. The van der Waals surface area contributed by atoms with Crippen molar-refractivity contribution in [3.05, 3.63) is 71.5 Å². The lowest BCUT2D eigenvalue weighted by molar-refractivity contribution is -0.137. The average molecular weight is 425 g/mol. The SMILES string of the molecule is CN(C)C(=O)C(O)c1cncc(-c2cnc3[nH]cc(-c4ccc(F)cc4)c3c2Cl)c1. The van der Waals surface area contributed by atoms with E-state index in [9.17, 15) is 14.3 Å². The normalized spacial score (nSPS) is 12.2. The molecule has 4 rings (SSSR count). The van der Waals surface area contributed by atoms with Gasteiger partial charge in [-0.05, 0) is 23.8 Å². The molecule has 4 aromatic rings. The molecule has 1 unspecified atom stereocenters. The molecule has 0 aliphatic rings. The number of benzene rings is 1. The quantitative estimate of drug-likeness (QED) is 0.514. The molecule has 1 atom stereocenters. The van der Waals surface area contributed by atoms with Gasteiger partial charge in [0.15, 0.2) is 6.10 Å². The van der Waals surface area contributed by atoms with Crippen molar-refractivity contribution in [2.45, 2.75) is 6.10 Å². The van der Waals surface area contributed by atoms with Crippen LogP contribution in [-0.4, -0.2) is 45.0 Å². The molecule has 0 radical (unpaired) electrons. The van der Waals surface area contributed by atoms with Crippen LogP contribution in [0.15, 0.2) is 55.1 Å². The van der Waals surface area contributed by atoms with Crippen molar-refractivity contribution in [2.24, 2.45) is 0 Å². The predicted molar refractivity (Wildman–Crippen MR) is 113 cm³/mol. The number of nitrogens with one attached hydrogen (secondary N) is 1. The molecule has 1 amide bonds. The smallest absolute Gasteiger partial charge is 0.255 e. The number of aromatic amines is 1. The first-order valence-electron chi connectivity index (χ1n) is 9.13. The van der Waals surface area contributed by atoms with Crippen LogP contribution in [0.1, 0.15) is 11.7 Å². The van der Waals surface area contributed by atoms with E-state index in [2.05, 4.69) is 15.0 Å². The molecule has 8 heteroatoms. The van der Waals surface area contributed by atoms with Crippen LogP contribution in [0, 0.1) is 5.82 Å². The summed E-state index contributed by atoms with van der Waals surface area (Å²) in [6.45, 7) is 0. The third-order valence-corrected chi connectivity index (χ3v) is 5.25. The van der Waals surface area contributed by atoms with Crippen molar-refractivity contribution in [1.29, 1.82) is 0 Å². The van der Waals surface area contributed by atoms with Crippen molar-refractivity contribution < 1.29 is 14.3 Å². The molecule has 0 aliphatic carbocycles. The molecular formula is C22H18ClFN4O2. The summed E-state index contributed by atoms with van der Waals surface area (Å²) in [5.41, 5.74) is 3.75. The Bertz CT molecular complexity index is 1240. The minimum absolute atomic E-state index is 0.322. The van der Waals surface area contributed by atoms with Crippen molar-refractivity contribution in [2.75, 3.05) is 14.1 Å². The minimum atomic E-state index is -1.33. The minimum Gasteiger partial charge on any atom is -0.378 e. The second kappa shape index (κ2) is 7.85. The first kappa shape index (κ1) is 20.0. The lowest BCUT2D eigenvalue weighted by atomic mass is 10.0. The standard InChI is InChI=1S/C22H18ClFN4O2/c1-28(2)22(30)20(29)14-7-13(8-25-9-14)17-11-27-21-18(19(17)23)16(10-26-21)12-3-5-15(24)6-4-12/h3-11,20,29H,1-2H3,(H,26,27). The van der Waals surface area contributed by atoms with Crippen LogP contribution >= 0.6 is 11.6 Å². The fourth-order valence-electron chi connectivity index (χ4n) is 3.26. The Hall–Kier alpha value is -3.29. The Kier molecular flexibility index (Phi) is 5.24. The number of aliphatic hydroxyl groups is 1. The first-order valence-corrected chi connectivity index (χ1v) is 9.50. The van der Waals surface area contributed by atoms with Crippen LogP contribution in [0.5, 0.6) is 0 Å². The molecule has 6 nitrogen and oxygen atoms in total. The number of hydrogen-bond donors (Lipinski definition) is 2. The van der Waals surface area contributed by atoms with Gasteiger partial charge in [-0.2, -0.15) is 0 Å². The van der Waals surface area contributed by atoms with Crippen molar-refractivity contribution in [3.8, 4) is 22.3 Å². The van der Waals surface area contributed by atoms with Gasteiger partial charge in [0, 0.05) is 66.5 Å². The zero-order valence-electron chi connectivity index (χ0n) is 16.2. The van der Waals surface area contributed by atoms with Gasteiger partial charge >= 0.3 is 0 Å². The second-order valence-electron chi connectivity index (χ2n) is 7.06. The molecule has 3 heterocycles. The largest absolute Gasteiger partial charge is 0.378 e. The van der Waals surface area contributed by atoms with Gasteiger partial charge in [0.05, 0.1) is 5.02 Å². The number of amides is 1. The molecule has 2 N–H and O–H groups in total. The molecular weight excluding hydrogens is 407 g/mol. The third kappa shape index (κ3) is 3.53. The number of hydrogen-bond acceptors (Lipinski definition) is 4. The highest BCUT2D eigenvalue weighted by Gasteiger charge is 2.21. The van der Waals surface area contributed by atoms with E-state index in [1.807, 2.05) is 0 Å². The first-order chi connectivity index (χ1) is 14.4. The van der Waals surface area contributed by atoms with Crippen LogP contribution in [-0.2, 0) is 4.79 Å². The molecule has 0 saturated carbocycles. The number of pyridine rings is 2. The monoisotopic (exact) mass is 424 g/mol. The summed E-state index contributed by atoms with van der Waals surface area (Å²) in [4.78, 5) is 25.1. The fraction of sp³-hybridized carbons (Fsp3) is 0.136. The highest BCUT2D eigenvalue weighted by molar-refractivity contribution is 6.39. The number of nitrogens with zero attached hydrogens (tertiary/aromatic N) is 3. The molecule has 0 saturated heterocycles. The predicted octanol–water partition coefficient (Wildman–Crippen LogP) is 4.21. The van der Waals surface area contributed by atoms with Crippen molar-refractivity contribution in [1.82, 2.24) is 19.9 Å². The van der Waals surface area contributed by atoms with Crippen LogP contribution in [0.4, 0.5) is 4.39 Å². The maximum absolute atomic E-state index is 13.3. The number of aromatic nitrogens is 3. The number of likely N-dealkylation sites (N-methyl/N-ethyl adjacent to an activating group) is 1. The molecule has 152 valence electrons. The number of carbonyl (C=O) groups excluding carboxylic acids is 1. The maximum Gasteiger partial charge on any atom is 0.255 e. The number of aliphatic hydroxyl groups excluding tert-OH is 1. The molecule has 30 heavy (non-hydrogen) atoms. The Morgan fingerprint density at radius 1 is 1.13 bits per heavy atom. The molecule has 0 bridgehead atoms. The number of halogens is 2. The Labute approximate surface area is 177 Å². The Morgan fingerprint density at radius 2 is 1.87 bits per heavy atom. The summed E-state index contributed by atoms with van der Waals surface area (Å²) in [6, 6.07) is 7.78. The van der Waals surface area contributed by atoms with E-state index in [1.54, 1.807) is 50.9 Å². The summed E-state index contributed by atoms with van der Waals surface area (Å²) in [5.74, 6) is -0.768. The third-order valence-electron chi connectivity index (χ3n) is 4.85.